The minimum absolute atomic E-state index is 0.239. The highest BCUT2D eigenvalue weighted by Crippen LogP contribution is 2.24. The van der Waals surface area contributed by atoms with Crippen molar-refractivity contribution in [2.45, 2.75) is 26.9 Å². The van der Waals surface area contributed by atoms with Gasteiger partial charge in [0.1, 0.15) is 0 Å². The highest BCUT2D eigenvalue weighted by Gasteiger charge is 2.25. The van der Waals surface area contributed by atoms with Crippen molar-refractivity contribution in [3.05, 3.63) is 88.3 Å². The van der Waals surface area contributed by atoms with E-state index in [4.69, 9.17) is 16.3 Å². The monoisotopic (exact) mass is 420 g/mol. The summed E-state index contributed by atoms with van der Waals surface area (Å²) in [6.07, 6.45) is 0.696. The van der Waals surface area contributed by atoms with E-state index < -0.39 is 12.1 Å². The second-order valence-electron chi connectivity index (χ2n) is 7.26. The molecule has 5 nitrogen and oxygen atoms in total. The van der Waals surface area contributed by atoms with Crippen molar-refractivity contribution < 1.29 is 14.3 Å². The maximum atomic E-state index is 13.1. The molecule has 0 aliphatic heterocycles. The van der Waals surface area contributed by atoms with Gasteiger partial charge in [0.25, 0.3) is 0 Å². The summed E-state index contributed by atoms with van der Waals surface area (Å²) in [5.74, 6) is -0.767. The van der Waals surface area contributed by atoms with Crippen LogP contribution in [0, 0.1) is 13.8 Å². The van der Waals surface area contributed by atoms with Crippen molar-refractivity contribution in [3.63, 3.8) is 0 Å². The molecule has 0 unspecified atom stereocenters. The lowest BCUT2D eigenvalue weighted by Gasteiger charge is -2.13. The number of H-pyrrole nitrogens is 1. The van der Waals surface area contributed by atoms with Crippen LogP contribution in [0.5, 0.6) is 0 Å². The number of aromatic amines is 1. The number of Topliss-reactive ketones (excluding diaryl/α,β-unsaturated/α-hetero) is 1. The SMILES string of the molecule is Cc1cc(C(=O)[C@@H](C)OC(=O)c2c[nH]c3ccccc23)c(C)n1-c1ccc(Cl)cc1. The molecule has 152 valence electrons. The molecule has 0 radical (unpaired) electrons. The molecule has 0 aliphatic carbocycles. The summed E-state index contributed by atoms with van der Waals surface area (Å²) in [4.78, 5) is 28.8. The third kappa shape index (κ3) is 3.53. The van der Waals surface area contributed by atoms with Gasteiger partial charge in [-0.15, -0.1) is 0 Å². The molecular weight excluding hydrogens is 400 g/mol. The fourth-order valence-corrected chi connectivity index (χ4v) is 3.86. The minimum atomic E-state index is -0.912. The fraction of sp³-hybridized carbons (Fsp3) is 0.167. The van der Waals surface area contributed by atoms with Crippen molar-refractivity contribution >= 4 is 34.3 Å². The van der Waals surface area contributed by atoms with E-state index in [9.17, 15) is 9.59 Å². The standard InChI is InChI=1S/C24H21ClN2O3/c1-14-12-20(15(2)27(14)18-10-8-17(25)9-11-18)23(28)16(3)30-24(29)21-13-26-22-7-5-4-6-19(21)22/h4-13,16,26H,1-3H3/t16-/m1/s1. The highest BCUT2D eigenvalue weighted by atomic mass is 35.5. The molecule has 1 atom stereocenters. The lowest BCUT2D eigenvalue weighted by molar-refractivity contribution is 0.0320. The van der Waals surface area contributed by atoms with Gasteiger partial charge in [0.2, 0.25) is 5.78 Å². The molecule has 0 bridgehead atoms. The first-order chi connectivity index (χ1) is 14.4. The molecule has 0 aliphatic rings. The Labute approximate surface area is 179 Å². The molecule has 0 saturated heterocycles. The van der Waals surface area contributed by atoms with Gasteiger partial charge >= 0.3 is 5.97 Å². The molecule has 2 heterocycles. The van der Waals surface area contributed by atoms with E-state index in [0.29, 0.717) is 16.1 Å². The Morgan fingerprint density at radius 1 is 1.03 bits per heavy atom. The quantitative estimate of drug-likeness (QED) is 0.335. The van der Waals surface area contributed by atoms with Crippen molar-refractivity contribution in [2.75, 3.05) is 0 Å². The van der Waals surface area contributed by atoms with Gasteiger partial charge in [0, 0.05) is 44.8 Å². The van der Waals surface area contributed by atoms with Crippen LogP contribution in [0.3, 0.4) is 0 Å². The third-order valence-electron chi connectivity index (χ3n) is 5.24. The molecule has 30 heavy (non-hydrogen) atoms. The first kappa shape index (κ1) is 20.0. The Morgan fingerprint density at radius 3 is 2.47 bits per heavy atom. The second-order valence-corrected chi connectivity index (χ2v) is 7.69. The van der Waals surface area contributed by atoms with E-state index in [1.807, 2.05) is 73.0 Å². The van der Waals surface area contributed by atoms with Crippen LogP contribution in [0.2, 0.25) is 5.02 Å². The topological polar surface area (TPSA) is 64.1 Å². The first-order valence-electron chi connectivity index (χ1n) is 9.63. The Hall–Kier alpha value is -3.31. The van der Waals surface area contributed by atoms with E-state index in [0.717, 1.165) is 28.0 Å². The van der Waals surface area contributed by atoms with Crippen molar-refractivity contribution in [1.82, 2.24) is 9.55 Å². The van der Waals surface area contributed by atoms with Gasteiger partial charge < -0.3 is 14.3 Å². The number of ketones is 1. The maximum absolute atomic E-state index is 13.1. The number of aryl methyl sites for hydroxylation is 1. The molecule has 2 aromatic carbocycles. The van der Waals surface area contributed by atoms with Crippen LogP contribution < -0.4 is 0 Å². The number of carbonyl (C=O) groups excluding carboxylic acids is 2. The molecule has 0 fully saturated rings. The van der Waals surface area contributed by atoms with Gasteiger partial charge in [-0.2, -0.15) is 0 Å². The number of halogens is 1. The summed E-state index contributed by atoms with van der Waals surface area (Å²) in [6.45, 7) is 5.41. The van der Waals surface area contributed by atoms with E-state index in [-0.39, 0.29) is 5.78 Å². The highest BCUT2D eigenvalue weighted by molar-refractivity contribution is 6.30. The molecular formula is C24H21ClN2O3. The number of benzene rings is 2. The van der Waals surface area contributed by atoms with E-state index in [1.54, 1.807) is 13.1 Å². The Kier molecular flexibility index (Phi) is 5.22. The van der Waals surface area contributed by atoms with E-state index in [2.05, 4.69) is 4.98 Å². The molecule has 6 heteroatoms. The number of ether oxygens (including phenoxy) is 1. The van der Waals surface area contributed by atoms with Crippen molar-refractivity contribution in [1.29, 1.82) is 0 Å². The summed E-state index contributed by atoms with van der Waals surface area (Å²) in [7, 11) is 0. The zero-order valence-electron chi connectivity index (χ0n) is 16.9. The summed E-state index contributed by atoms with van der Waals surface area (Å²) in [6, 6.07) is 16.7. The number of hydrogen-bond donors (Lipinski definition) is 1. The zero-order valence-corrected chi connectivity index (χ0v) is 17.7. The predicted molar refractivity (Wildman–Crippen MR) is 118 cm³/mol. The zero-order chi connectivity index (χ0) is 21.4. The second kappa shape index (κ2) is 7.84. The van der Waals surface area contributed by atoms with Crippen LogP contribution in [0.4, 0.5) is 0 Å². The minimum Gasteiger partial charge on any atom is -0.451 e. The fourth-order valence-electron chi connectivity index (χ4n) is 3.74. The van der Waals surface area contributed by atoms with Gasteiger partial charge in [-0.3, -0.25) is 4.79 Å². The van der Waals surface area contributed by atoms with Gasteiger partial charge in [-0.25, -0.2) is 4.79 Å². The first-order valence-corrected chi connectivity index (χ1v) is 10.0. The van der Waals surface area contributed by atoms with Gasteiger partial charge in [-0.1, -0.05) is 29.8 Å². The van der Waals surface area contributed by atoms with Gasteiger partial charge in [0.15, 0.2) is 6.10 Å². The molecule has 0 spiro atoms. The average Bonchev–Trinajstić information content (AvgIpc) is 3.29. The van der Waals surface area contributed by atoms with Gasteiger partial charge in [0.05, 0.1) is 5.56 Å². The molecule has 4 rings (SSSR count). The molecule has 2 aromatic heterocycles. The van der Waals surface area contributed by atoms with Crippen molar-refractivity contribution in [3.8, 4) is 5.69 Å². The lowest BCUT2D eigenvalue weighted by atomic mass is 10.1. The molecule has 1 N–H and O–H groups in total. The van der Waals surface area contributed by atoms with Crippen LogP contribution in [0.1, 0.15) is 39.0 Å². The number of esters is 1. The summed E-state index contributed by atoms with van der Waals surface area (Å²) < 4.78 is 7.49. The van der Waals surface area contributed by atoms with E-state index >= 15 is 0 Å². The van der Waals surface area contributed by atoms with E-state index in [1.165, 1.54) is 0 Å². The molecule has 0 saturated carbocycles. The molecule has 0 amide bonds. The van der Waals surface area contributed by atoms with Crippen LogP contribution in [-0.4, -0.2) is 27.4 Å². The van der Waals surface area contributed by atoms with Crippen LogP contribution >= 0.6 is 11.6 Å². The largest absolute Gasteiger partial charge is 0.451 e. The predicted octanol–water partition coefficient (Wildman–Crippen LogP) is 5.66. The number of hydrogen-bond acceptors (Lipinski definition) is 3. The smallest absolute Gasteiger partial charge is 0.341 e. The summed E-state index contributed by atoms with van der Waals surface area (Å²) in [5.41, 5.74) is 4.40. The number of carbonyl (C=O) groups is 2. The van der Waals surface area contributed by atoms with Crippen molar-refractivity contribution in [2.24, 2.45) is 0 Å². The molecule has 4 aromatic rings. The third-order valence-corrected chi connectivity index (χ3v) is 5.50. The van der Waals surface area contributed by atoms with Gasteiger partial charge in [-0.05, 0) is 57.2 Å². The maximum Gasteiger partial charge on any atom is 0.341 e. The van der Waals surface area contributed by atoms with Crippen LogP contribution in [0.25, 0.3) is 16.6 Å². The number of nitrogens with zero attached hydrogens (tertiary/aromatic N) is 1. The normalized spacial score (nSPS) is 12.1. The Morgan fingerprint density at radius 2 is 1.73 bits per heavy atom. The Bertz CT molecular complexity index is 1250. The number of para-hydroxylation sites is 1. The number of aromatic nitrogens is 2. The van der Waals surface area contributed by atoms with Crippen LogP contribution in [0.15, 0.2) is 60.8 Å². The number of rotatable bonds is 5. The number of nitrogens with one attached hydrogen (secondary N) is 1. The van der Waals surface area contributed by atoms with Crippen LogP contribution in [-0.2, 0) is 4.74 Å². The average molecular weight is 421 g/mol. The summed E-state index contributed by atoms with van der Waals surface area (Å²) >= 11 is 5.99. The Balaban J connectivity index is 1.58. The number of fused-ring (bicyclic) bond motifs is 1. The lowest BCUT2D eigenvalue weighted by Crippen LogP contribution is -2.24. The summed E-state index contributed by atoms with van der Waals surface area (Å²) in [5, 5.41) is 1.42.